The summed E-state index contributed by atoms with van der Waals surface area (Å²) in [6, 6.07) is -0.187. The molecule has 3 unspecified atom stereocenters. The third-order valence-corrected chi connectivity index (χ3v) is 6.21. The van der Waals surface area contributed by atoms with Crippen molar-refractivity contribution >= 4 is 23.6 Å². The molecule has 118 valence electrons. The molecule has 2 heterocycles. The van der Waals surface area contributed by atoms with Crippen molar-refractivity contribution in [2.75, 3.05) is 12.3 Å². The van der Waals surface area contributed by atoms with Gasteiger partial charge in [-0.2, -0.15) is 0 Å². The summed E-state index contributed by atoms with van der Waals surface area (Å²) in [5, 5.41) is 12.9. The molecule has 0 aromatic rings. The zero-order valence-corrected chi connectivity index (χ0v) is 13.1. The molecule has 2 N–H and O–H groups in total. The van der Waals surface area contributed by atoms with Crippen LogP contribution in [0.15, 0.2) is 0 Å². The average molecular weight is 312 g/mol. The van der Waals surface area contributed by atoms with Crippen LogP contribution in [0.3, 0.4) is 0 Å². The fourth-order valence-corrected chi connectivity index (χ4v) is 5.03. The Morgan fingerprint density at radius 1 is 1.24 bits per heavy atom. The van der Waals surface area contributed by atoms with E-state index in [2.05, 4.69) is 5.32 Å². The second-order valence-electron chi connectivity index (χ2n) is 6.40. The molecular weight excluding hydrogens is 288 g/mol. The first-order valence-electron chi connectivity index (χ1n) is 8.06. The van der Waals surface area contributed by atoms with Gasteiger partial charge in [0.15, 0.2) is 0 Å². The summed E-state index contributed by atoms with van der Waals surface area (Å²) in [7, 11) is 0. The first-order valence-corrected chi connectivity index (χ1v) is 9.10. The predicted octanol–water partition coefficient (Wildman–Crippen LogP) is 1.67. The lowest BCUT2D eigenvalue weighted by molar-refractivity contribution is -0.149. The number of piperidine rings is 1. The van der Waals surface area contributed by atoms with Crippen molar-refractivity contribution < 1.29 is 14.7 Å². The van der Waals surface area contributed by atoms with Gasteiger partial charge in [-0.25, -0.2) is 4.79 Å². The van der Waals surface area contributed by atoms with Gasteiger partial charge < -0.3 is 15.3 Å². The van der Waals surface area contributed by atoms with E-state index in [1.165, 1.54) is 12.8 Å². The van der Waals surface area contributed by atoms with E-state index in [4.69, 9.17) is 0 Å². The minimum atomic E-state index is -0.852. The number of carboxylic acid groups (broad SMARTS) is 1. The minimum Gasteiger partial charge on any atom is -0.480 e. The minimum absolute atomic E-state index is 0.0386. The number of nitrogens with one attached hydrogen (secondary N) is 1. The number of carboxylic acids is 1. The van der Waals surface area contributed by atoms with Gasteiger partial charge in [0, 0.05) is 18.2 Å². The van der Waals surface area contributed by atoms with Crippen LogP contribution in [-0.2, 0) is 9.59 Å². The Balaban J connectivity index is 1.58. The second-order valence-corrected chi connectivity index (χ2v) is 7.55. The first kappa shape index (κ1) is 15.2. The number of carbonyl (C=O) groups excluding carboxylic acids is 1. The Kier molecular flexibility index (Phi) is 4.74. The number of aliphatic carboxylic acids is 1. The van der Waals surface area contributed by atoms with Crippen LogP contribution in [0.25, 0.3) is 0 Å². The summed E-state index contributed by atoms with van der Waals surface area (Å²) in [6.45, 7) is 1.04. The van der Waals surface area contributed by atoms with Gasteiger partial charge in [-0.05, 0) is 44.6 Å². The van der Waals surface area contributed by atoms with Gasteiger partial charge in [-0.1, -0.05) is 6.42 Å². The molecule has 2 saturated heterocycles. The van der Waals surface area contributed by atoms with Crippen LogP contribution in [-0.4, -0.2) is 51.6 Å². The number of hydrogen-bond acceptors (Lipinski definition) is 4. The summed E-state index contributed by atoms with van der Waals surface area (Å²) >= 11 is 1.66. The van der Waals surface area contributed by atoms with E-state index in [1.807, 2.05) is 0 Å². The quantitative estimate of drug-likeness (QED) is 0.808. The maximum Gasteiger partial charge on any atom is 0.327 e. The monoisotopic (exact) mass is 312 g/mol. The van der Waals surface area contributed by atoms with Gasteiger partial charge in [0.25, 0.3) is 0 Å². The number of amides is 1. The van der Waals surface area contributed by atoms with Crippen LogP contribution in [0.1, 0.15) is 44.9 Å². The van der Waals surface area contributed by atoms with Gasteiger partial charge in [0.2, 0.25) is 5.91 Å². The first-order chi connectivity index (χ1) is 10.2. The summed E-state index contributed by atoms with van der Waals surface area (Å²) in [6.07, 6.45) is 7.17. The van der Waals surface area contributed by atoms with E-state index < -0.39 is 12.0 Å². The Hall–Kier alpha value is -0.750. The van der Waals surface area contributed by atoms with E-state index in [1.54, 1.807) is 16.7 Å². The molecule has 0 bridgehead atoms. The average Bonchev–Trinajstić information content (AvgIpc) is 3.24. The standard InChI is InChI=1S/C15H24N2O3S/c18-13(7-6-11-3-1-2-8-16-11)17-12(15(19)20)9-21-14(17)10-4-5-10/h10-12,14,16H,1-9H2,(H,19,20). The van der Waals surface area contributed by atoms with Crippen molar-refractivity contribution in [2.45, 2.75) is 62.4 Å². The number of thioether (sulfide) groups is 1. The fraction of sp³-hybridized carbons (Fsp3) is 0.867. The molecule has 3 fully saturated rings. The van der Waals surface area contributed by atoms with Crippen molar-refractivity contribution in [3.8, 4) is 0 Å². The van der Waals surface area contributed by atoms with E-state index in [-0.39, 0.29) is 11.3 Å². The lowest BCUT2D eigenvalue weighted by Gasteiger charge is -2.29. The molecule has 2 aliphatic heterocycles. The maximum atomic E-state index is 12.6. The van der Waals surface area contributed by atoms with Crippen LogP contribution < -0.4 is 5.32 Å². The molecule has 0 spiro atoms. The molecule has 3 aliphatic rings. The van der Waals surface area contributed by atoms with Gasteiger partial charge in [-0.3, -0.25) is 4.79 Å². The van der Waals surface area contributed by atoms with Gasteiger partial charge in [0.05, 0.1) is 5.37 Å². The van der Waals surface area contributed by atoms with Crippen LogP contribution in [0, 0.1) is 5.92 Å². The molecule has 3 rings (SSSR count). The molecule has 1 aliphatic carbocycles. The molecule has 5 nitrogen and oxygen atoms in total. The van der Waals surface area contributed by atoms with E-state index >= 15 is 0 Å². The third-order valence-electron chi connectivity index (χ3n) is 4.75. The topological polar surface area (TPSA) is 69.6 Å². The van der Waals surface area contributed by atoms with Crippen LogP contribution in [0.4, 0.5) is 0 Å². The van der Waals surface area contributed by atoms with E-state index in [0.29, 0.717) is 24.1 Å². The highest BCUT2D eigenvalue weighted by atomic mass is 32.2. The smallest absolute Gasteiger partial charge is 0.327 e. The van der Waals surface area contributed by atoms with E-state index in [9.17, 15) is 14.7 Å². The number of rotatable bonds is 5. The Bertz CT molecular complexity index is 408. The molecule has 0 radical (unpaired) electrons. The van der Waals surface area contributed by atoms with Crippen molar-refractivity contribution in [2.24, 2.45) is 5.92 Å². The van der Waals surface area contributed by atoms with Crippen molar-refractivity contribution in [1.82, 2.24) is 10.2 Å². The normalized spacial score (nSPS) is 33.1. The van der Waals surface area contributed by atoms with Gasteiger partial charge in [-0.15, -0.1) is 11.8 Å². The third kappa shape index (κ3) is 3.54. The lowest BCUT2D eigenvalue weighted by atomic mass is 10.00. The Morgan fingerprint density at radius 3 is 2.67 bits per heavy atom. The molecule has 0 aromatic heterocycles. The van der Waals surface area contributed by atoms with Gasteiger partial charge in [0.1, 0.15) is 6.04 Å². The van der Waals surface area contributed by atoms with Crippen LogP contribution >= 0.6 is 11.8 Å². The molecule has 1 amide bonds. The molecular formula is C15H24N2O3S. The number of hydrogen-bond donors (Lipinski definition) is 2. The zero-order chi connectivity index (χ0) is 14.8. The molecule has 3 atom stereocenters. The fourth-order valence-electron chi connectivity index (χ4n) is 3.38. The van der Waals surface area contributed by atoms with Crippen LogP contribution in [0.2, 0.25) is 0 Å². The summed E-state index contributed by atoms with van der Waals surface area (Å²) in [4.78, 5) is 25.6. The summed E-state index contributed by atoms with van der Waals surface area (Å²) in [5.74, 6) is 0.256. The Labute approximate surface area is 129 Å². The number of nitrogens with zero attached hydrogens (tertiary/aromatic N) is 1. The highest BCUT2D eigenvalue weighted by Crippen LogP contribution is 2.45. The lowest BCUT2D eigenvalue weighted by Crippen LogP contribution is -2.46. The van der Waals surface area contributed by atoms with E-state index in [0.717, 1.165) is 32.2 Å². The molecule has 1 saturated carbocycles. The van der Waals surface area contributed by atoms with Crippen LogP contribution in [0.5, 0.6) is 0 Å². The highest BCUT2D eigenvalue weighted by molar-refractivity contribution is 8.00. The summed E-state index contributed by atoms with van der Waals surface area (Å²) in [5.41, 5.74) is 0. The predicted molar refractivity (Wildman–Crippen MR) is 82.1 cm³/mol. The molecule has 21 heavy (non-hydrogen) atoms. The highest BCUT2D eigenvalue weighted by Gasteiger charge is 2.47. The van der Waals surface area contributed by atoms with Gasteiger partial charge >= 0.3 is 5.97 Å². The largest absolute Gasteiger partial charge is 0.480 e. The number of carbonyl (C=O) groups is 2. The second kappa shape index (κ2) is 6.57. The maximum absolute atomic E-state index is 12.6. The summed E-state index contributed by atoms with van der Waals surface area (Å²) < 4.78 is 0. The Morgan fingerprint density at radius 2 is 2.05 bits per heavy atom. The van der Waals surface area contributed by atoms with Crippen molar-refractivity contribution in [1.29, 1.82) is 0 Å². The zero-order valence-electron chi connectivity index (χ0n) is 12.3. The molecule has 6 heteroatoms. The van der Waals surface area contributed by atoms with Crippen molar-refractivity contribution in [3.63, 3.8) is 0 Å². The van der Waals surface area contributed by atoms with Crippen molar-refractivity contribution in [3.05, 3.63) is 0 Å². The SMILES string of the molecule is O=C(O)C1CSC(C2CC2)N1C(=O)CCC1CCCCN1. The molecule has 0 aromatic carbocycles.